The molecule has 0 aliphatic carbocycles. The summed E-state index contributed by atoms with van der Waals surface area (Å²) in [4.78, 5) is 14.5. The molecule has 4 rings (SSSR count). The molecule has 132 valence electrons. The van der Waals surface area contributed by atoms with Crippen molar-refractivity contribution in [2.45, 2.75) is 19.3 Å². The molecule has 5 heteroatoms. The molecule has 0 bridgehead atoms. The van der Waals surface area contributed by atoms with Gasteiger partial charge >= 0.3 is 0 Å². The summed E-state index contributed by atoms with van der Waals surface area (Å²) in [7, 11) is 5.26. The molecule has 0 aromatic heterocycles. The fraction of sp³-hybridized carbons (Fsp3) is 0.333. The average molecular weight is 349 g/mol. The second-order valence-electron chi connectivity index (χ2n) is 6.62. The van der Waals surface area contributed by atoms with E-state index in [0.29, 0.717) is 12.0 Å². The van der Waals surface area contributed by atoms with Gasteiger partial charge in [0.2, 0.25) is 11.6 Å². The molecule has 2 radical (unpaired) electrons. The summed E-state index contributed by atoms with van der Waals surface area (Å²) in [5.74, 6) is 1.38. The van der Waals surface area contributed by atoms with Crippen molar-refractivity contribution in [1.82, 2.24) is 4.90 Å². The monoisotopic (exact) mass is 349 g/mol. The summed E-state index contributed by atoms with van der Waals surface area (Å²) in [6.45, 7) is 3.91. The molecule has 0 amide bonds. The van der Waals surface area contributed by atoms with Crippen molar-refractivity contribution < 1.29 is 13.8 Å². The lowest BCUT2D eigenvalue weighted by atomic mass is 9.97. The van der Waals surface area contributed by atoms with Crippen LogP contribution in [0.15, 0.2) is 54.6 Å². The number of halogens is 1. The van der Waals surface area contributed by atoms with Gasteiger partial charge in [0.25, 0.3) is 0 Å². The zero-order valence-corrected chi connectivity index (χ0v) is 14.9. The first kappa shape index (κ1) is 18.4. The number of nitrogens with zero attached hydrogens (tertiary/aromatic N) is 2. The fourth-order valence-electron chi connectivity index (χ4n) is 3.42. The molecule has 0 spiro atoms. The zero-order chi connectivity index (χ0) is 18.4. The second kappa shape index (κ2) is 8.79. The Hall–Kier alpha value is -2.43. The van der Waals surface area contributed by atoms with Crippen molar-refractivity contribution in [3.05, 3.63) is 66.0 Å². The molecule has 0 saturated carbocycles. The Labute approximate surface area is 155 Å². The zero-order valence-electron chi connectivity index (χ0n) is 14.9. The Kier molecular flexibility index (Phi) is 6.21. The van der Waals surface area contributed by atoms with Crippen molar-refractivity contribution in [2.24, 2.45) is 0 Å². The number of carbonyl (C=O) groups is 1. The Morgan fingerprint density at radius 3 is 2.42 bits per heavy atom. The van der Waals surface area contributed by atoms with Crippen LogP contribution in [0.5, 0.6) is 0 Å². The summed E-state index contributed by atoms with van der Waals surface area (Å²) < 4.78 is 14.5. The summed E-state index contributed by atoms with van der Waals surface area (Å²) in [6, 6.07) is 15.3. The average Bonchev–Trinajstić information content (AvgIpc) is 3.15. The highest BCUT2D eigenvalue weighted by Crippen LogP contribution is 2.15. The lowest BCUT2D eigenvalue weighted by Gasteiger charge is -2.23. The predicted molar refractivity (Wildman–Crippen MR) is 103 cm³/mol. The van der Waals surface area contributed by atoms with E-state index in [0.717, 1.165) is 18.5 Å². The van der Waals surface area contributed by atoms with Crippen LogP contribution in [-0.2, 0) is 0 Å². The van der Waals surface area contributed by atoms with E-state index in [1.807, 2.05) is 30.3 Å². The van der Waals surface area contributed by atoms with Crippen LogP contribution in [0.3, 0.4) is 0 Å². The van der Waals surface area contributed by atoms with Crippen LogP contribution in [0.2, 0.25) is 0 Å². The lowest BCUT2D eigenvalue weighted by Crippen LogP contribution is -2.43. The second-order valence-corrected chi connectivity index (χ2v) is 6.62. The number of hydrogen-bond donors (Lipinski definition) is 0. The first-order chi connectivity index (χ1) is 12.6. The van der Waals surface area contributed by atoms with Gasteiger partial charge in [-0.25, -0.2) is 4.39 Å². The normalized spacial score (nSPS) is 16.0. The van der Waals surface area contributed by atoms with E-state index in [4.69, 9.17) is 7.85 Å². The third-order valence-corrected chi connectivity index (χ3v) is 4.71. The van der Waals surface area contributed by atoms with Gasteiger partial charge in [-0.2, -0.15) is 0 Å². The topological polar surface area (TPSA) is 23.3 Å². The van der Waals surface area contributed by atoms with Crippen molar-refractivity contribution in [3.8, 4) is 0 Å². The number of carbonyl (C=O) groups excluding carboxylic acids is 1. The maximum atomic E-state index is 12.2. The molecule has 0 fully saturated rings. The van der Waals surface area contributed by atoms with Crippen LogP contribution >= 0.6 is 0 Å². The standard InChI is InChI=1S/C15H19N2O.C6H4BF/c18-14(13-6-2-1-3-7-13)12-17-11-5-10-16-9-4-8-15(16)17;7-5-1-3-6(8)4-2-5/h1-3,6-7H,4-5,8-12H2;1-4H/q+1;. The van der Waals surface area contributed by atoms with Crippen LogP contribution in [-0.4, -0.2) is 55.1 Å². The van der Waals surface area contributed by atoms with Crippen molar-refractivity contribution in [1.29, 1.82) is 0 Å². The summed E-state index contributed by atoms with van der Waals surface area (Å²) in [5, 5.41) is 0. The molecule has 0 saturated heterocycles. The minimum atomic E-state index is -0.251. The van der Waals surface area contributed by atoms with Crippen molar-refractivity contribution >= 4 is 24.9 Å². The van der Waals surface area contributed by atoms with Gasteiger partial charge in [0, 0.05) is 12.0 Å². The summed E-state index contributed by atoms with van der Waals surface area (Å²) in [6.07, 6.45) is 3.55. The minimum absolute atomic E-state index is 0.233. The lowest BCUT2D eigenvalue weighted by molar-refractivity contribution is -0.529. The third-order valence-electron chi connectivity index (χ3n) is 4.71. The first-order valence-electron chi connectivity index (χ1n) is 9.08. The summed E-state index contributed by atoms with van der Waals surface area (Å²) in [5.41, 5.74) is 1.42. The molecule has 0 atom stereocenters. The molecule has 26 heavy (non-hydrogen) atoms. The third kappa shape index (κ3) is 4.81. The number of hydrogen-bond acceptors (Lipinski definition) is 2. The predicted octanol–water partition coefficient (Wildman–Crippen LogP) is 2.40. The van der Waals surface area contributed by atoms with Crippen LogP contribution in [0.25, 0.3) is 0 Å². The number of Topliss-reactive ketones (excluding diaryl/α,β-unsaturated/α-hetero) is 1. The van der Waals surface area contributed by atoms with Gasteiger partial charge in [0.1, 0.15) is 20.2 Å². The van der Waals surface area contributed by atoms with Gasteiger partial charge in [-0.3, -0.25) is 14.3 Å². The minimum Gasteiger partial charge on any atom is -0.290 e. The highest BCUT2D eigenvalue weighted by molar-refractivity contribution is 6.32. The molecular formula is C21H23BFN2O+. The van der Waals surface area contributed by atoms with Gasteiger partial charge < -0.3 is 0 Å². The number of ketones is 1. The molecule has 2 aliphatic rings. The highest BCUT2D eigenvalue weighted by Gasteiger charge is 2.32. The van der Waals surface area contributed by atoms with Gasteiger partial charge in [0.05, 0.1) is 26.1 Å². The van der Waals surface area contributed by atoms with Gasteiger partial charge in [-0.15, -0.1) is 0 Å². The number of benzene rings is 2. The van der Waals surface area contributed by atoms with Gasteiger partial charge in [-0.1, -0.05) is 47.9 Å². The van der Waals surface area contributed by atoms with Gasteiger partial charge in [-0.05, 0) is 18.6 Å². The van der Waals surface area contributed by atoms with Crippen LogP contribution in [0.1, 0.15) is 29.6 Å². The molecule has 2 aromatic carbocycles. The molecule has 3 nitrogen and oxygen atoms in total. The fourth-order valence-corrected chi connectivity index (χ4v) is 3.42. The van der Waals surface area contributed by atoms with E-state index in [1.165, 1.54) is 56.0 Å². The smallest absolute Gasteiger partial charge is 0.247 e. The maximum Gasteiger partial charge on any atom is 0.247 e. The molecule has 2 aliphatic heterocycles. The quantitative estimate of drug-likeness (QED) is 0.483. The van der Waals surface area contributed by atoms with E-state index in [9.17, 15) is 9.18 Å². The van der Waals surface area contributed by atoms with E-state index in [2.05, 4.69) is 9.48 Å². The van der Waals surface area contributed by atoms with Crippen molar-refractivity contribution in [3.63, 3.8) is 0 Å². The van der Waals surface area contributed by atoms with Crippen molar-refractivity contribution in [2.75, 3.05) is 26.2 Å². The van der Waals surface area contributed by atoms with E-state index in [-0.39, 0.29) is 11.6 Å². The molecule has 0 unspecified atom stereocenters. The van der Waals surface area contributed by atoms with Crippen LogP contribution in [0.4, 0.5) is 4.39 Å². The highest BCUT2D eigenvalue weighted by atomic mass is 19.1. The Morgan fingerprint density at radius 1 is 1.04 bits per heavy atom. The first-order valence-corrected chi connectivity index (χ1v) is 9.08. The maximum absolute atomic E-state index is 12.2. The SMILES string of the molecule is O=C(CN1CCC[N+]2=C1CCC2)c1ccccc1.[B]c1ccc(F)cc1. The molecule has 0 N–H and O–H groups in total. The number of amidine groups is 1. The molecule has 2 heterocycles. The Bertz CT molecular complexity index is 753. The summed E-state index contributed by atoms with van der Waals surface area (Å²) >= 11 is 0. The van der Waals surface area contributed by atoms with E-state index >= 15 is 0 Å². The van der Waals surface area contributed by atoms with E-state index < -0.39 is 0 Å². The molecule has 2 aromatic rings. The number of rotatable bonds is 3. The largest absolute Gasteiger partial charge is 0.290 e. The van der Waals surface area contributed by atoms with E-state index in [1.54, 1.807) is 0 Å². The Morgan fingerprint density at radius 2 is 1.73 bits per heavy atom. The molecular weight excluding hydrogens is 326 g/mol. The van der Waals surface area contributed by atoms with Crippen LogP contribution in [0, 0.1) is 5.82 Å². The van der Waals surface area contributed by atoms with Gasteiger partial charge in [0.15, 0.2) is 0 Å². The Balaban J connectivity index is 0.000000206. The van der Waals surface area contributed by atoms with Crippen LogP contribution < -0.4 is 5.46 Å².